The predicted octanol–water partition coefficient (Wildman–Crippen LogP) is 3.79. The molecule has 2 N–H and O–H groups in total. The van der Waals surface area contributed by atoms with Gasteiger partial charge in [0.15, 0.2) is 0 Å². The molecule has 1 aromatic carbocycles. The summed E-state index contributed by atoms with van der Waals surface area (Å²) >= 11 is 6.36. The van der Waals surface area contributed by atoms with Crippen LogP contribution in [-0.4, -0.2) is 32.2 Å². The van der Waals surface area contributed by atoms with E-state index in [2.05, 4.69) is 20.5 Å². The Kier molecular flexibility index (Phi) is 4.87. The van der Waals surface area contributed by atoms with E-state index in [1.54, 1.807) is 11.0 Å². The largest absolute Gasteiger partial charge is 0.322 e. The van der Waals surface area contributed by atoms with Crippen molar-refractivity contribution in [2.45, 2.75) is 31.3 Å². The van der Waals surface area contributed by atoms with Gasteiger partial charge in [-0.15, -0.1) is 0 Å². The van der Waals surface area contributed by atoms with Crippen LogP contribution in [-0.2, 0) is 6.42 Å². The maximum atomic E-state index is 14.9. The molecule has 3 aromatic rings. The van der Waals surface area contributed by atoms with E-state index in [9.17, 15) is 14.0 Å². The highest BCUT2D eigenvalue weighted by atomic mass is 35.5. The topological polar surface area (TPSA) is 115 Å². The number of hydrogen-bond donors (Lipinski definition) is 2. The number of benzene rings is 1. The Bertz CT molecular complexity index is 1330. The van der Waals surface area contributed by atoms with Crippen LogP contribution in [0.5, 0.6) is 0 Å². The average molecular weight is 451 g/mol. The molecule has 1 fully saturated rings. The number of halogens is 2. The van der Waals surface area contributed by atoms with E-state index in [-0.39, 0.29) is 34.0 Å². The van der Waals surface area contributed by atoms with Crippen LogP contribution >= 0.6 is 11.6 Å². The first kappa shape index (κ1) is 20.2. The standard InChI is InChI=1S/C22H16ClFN6O2/c23-16-8-18(17(24)7-15(16)11-1-2-13(9-25)26-10-11)27-22(32)30-14-3-4-19(30)21-12(5-14)6-20(31)28-29-21/h1-2,6-8,10,14,19H,3-5H2,(H,27,32)(H,28,31)/t14-,19+/m0/s1. The Balaban J connectivity index is 1.40. The van der Waals surface area contributed by atoms with Crippen molar-refractivity contribution in [1.29, 1.82) is 5.26 Å². The van der Waals surface area contributed by atoms with E-state index >= 15 is 0 Å². The van der Waals surface area contributed by atoms with Crippen molar-refractivity contribution in [2.75, 3.05) is 5.32 Å². The van der Waals surface area contributed by atoms with E-state index in [0.717, 1.165) is 18.4 Å². The molecule has 0 spiro atoms. The number of aromatic amines is 1. The first-order valence-electron chi connectivity index (χ1n) is 9.98. The molecule has 32 heavy (non-hydrogen) atoms. The molecule has 2 bridgehead atoms. The van der Waals surface area contributed by atoms with Crippen LogP contribution in [0.3, 0.4) is 0 Å². The van der Waals surface area contributed by atoms with Gasteiger partial charge in [0.1, 0.15) is 17.6 Å². The Hall–Kier alpha value is -3.77. The second kappa shape index (κ2) is 7.73. The number of H-pyrrole nitrogens is 1. The highest BCUT2D eigenvalue weighted by Gasteiger charge is 2.44. The lowest BCUT2D eigenvalue weighted by atomic mass is 9.99. The summed E-state index contributed by atoms with van der Waals surface area (Å²) in [6.45, 7) is 0. The number of hydrogen-bond acceptors (Lipinski definition) is 5. The number of carbonyl (C=O) groups is 1. The van der Waals surface area contributed by atoms with E-state index in [4.69, 9.17) is 16.9 Å². The van der Waals surface area contributed by atoms with E-state index in [1.165, 1.54) is 30.5 Å². The van der Waals surface area contributed by atoms with Gasteiger partial charge in [-0.25, -0.2) is 19.3 Å². The third-order valence-corrected chi connectivity index (χ3v) is 6.23. The molecular weight excluding hydrogens is 435 g/mol. The molecule has 5 rings (SSSR count). The van der Waals surface area contributed by atoms with Crippen molar-refractivity contribution in [3.63, 3.8) is 0 Å². The SMILES string of the molecule is N#Cc1ccc(-c2cc(F)c(NC(=O)N3[C@H]4CC[C@@H]3c3n[nH]c(=O)cc3C4)cc2Cl)cn1. The van der Waals surface area contributed by atoms with Crippen molar-refractivity contribution in [2.24, 2.45) is 0 Å². The molecule has 4 heterocycles. The van der Waals surface area contributed by atoms with E-state index in [0.29, 0.717) is 23.2 Å². The molecular formula is C22H16ClFN6O2. The van der Waals surface area contributed by atoms with Gasteiger partial charge in [-0.05, 0) is 49.1 Å². The normalized spacial score (nSPS) is 18.7. The Morgan fingerprint density at radius 2 is 2.16 bits per heavy atom. The maximum Gasteiger partial charge on any atom is 0.322 e. The molecule has 2 aliphatic heterocycles. The van der Waals surface area contributed by atoms with Crippen LogP contribution in [0.2, 0.25) is 5.02 Å². The minimum Gasteiger partial charge on any atom is -0.313 e. The van der Waals surface area contributed by atoms with Crippen LogP contribution in [0, 0.1) is 17.1 Å². The number of carbonyl (C=O) groups excluding carboxylic acids is 1. The minimum atomic E-state index is -0.644. The van der Waals surface area contributed by atoms with Gasteiger partial charge in [-0.2, -0.15) is 10.4 Å². The highest BCUT2D eigenvalue weighted by molar-refractivity contribution is 6.33. The summed E-state index contributed by atoms with van der Waals surface area (Å²) in [6.07, 6.45) is 3.47. The third kappa shape index (κ3) is 3.39. The van der Waals surface area contributed by atoms with Gasteiger partial charge in [0.05, 0.1) is 22.4 Å². The number of urea groups is 1. The zero-order valence-electron chi connectivity index (χ0n) is 16.6. The molecule has 160 valence electrons. The summed E-state index contributed by atoms with van der Waals surface area (Å²) in [7, 11) is 0. The summed E-state index contributed by atoms with van der Waals surface area (Å²) in [4.78, 5) is 30.3. The van der Waals surface area contributed by atoms with Gasteiger partial charge in [-0.1, -0.05) is 11.6 Å². The first-order chi connectivity index (χ1) is 15.4. The molecule has 2 amide bonds. The summed E-state index contributed by atoms with van der Waals surface area (Å²) < 4.78 is 14.9. The van der Waals surface area contributed by atoms with Crippen molar-refractivity contribution in [3.8, 4) is 17.2 Å². The molecule has 0 aliphatic carbocycles. The van der Waals surface area contributed by atoms with Gasteiger partial charge in [0.25, 0.3) is 5.56 Å². The van der Waals surface area contributed by atoms with Crippen LogP contribution in [0.1, 0.15) is 35.8 Å². The zero-order chi connectivity index (χ0) is 22.4. The number of nitrogens with zero attached hydrogens (tertiary/aromatic N) is 4. The van der Waals surface area contributed by atoms with Crippen LogP contribution in [0.25, 0.3) is 11.1 Å². The number of nitrogens with one attached hydrogen (secondary N) is 2. The fraction of sp³-hybridized carbons (Fsp3) is 0.227. The van der Waals surface area contributed by atoms with Crippen LogP contribution < -0.4 is 10.9 Å². The summed E-state index contributed by atoms with van der Waals surface area (Å²) in [5.74, 6) is -0.644. The summed E-state index contributed by atoms with van der Waals surface area (Å²) in [6, 6.07) is 8.38. The molecule has 0 saturated carbocycles. The Morgan fingerprint density at radius 1 is 1.31 bits per heavy atom. The maximum absolute atomic E-state index is 14.9. The van der Waals surface area contributed by atoms with Crippen molar-refractivity contribution in [1.82, 2.24) is 20.1 Å². The Labute approximate surface area is 186 Å². The van der Waals surface area contributed by atoms with Crippen molar-refractivity contribution >= 4 is 23.3 Å². The number of anilines is 1. The Morgan fingerprint density at radius 3 is 2.91 bits per heavy atom. The van der Waals surface area contributed by atoms with Gasteiger partial charge in [-0.3, -0.25) is 4.79 Å². The van der Waals surface area contributed by atoms with Gasteiger partial charge >= 0.3 is 6.03 Å². The third-order valence-electron chi connectivity index (χ3n) is 5.92. The number of amides is 2. The van der Waals surface area contributed by atoms with Gasteiger partial charge < -0.3 is 10.2 Å². The summed E-state index contributed by atoms with van der Waals surface area (Å²) in [5, 5.41) is 18.3. The van der Waals surface area contributed by atoms with E-state index < -0.39 is 11.8 Å². The zero-order valence-corrected chi connectivity index (χ0v) is 17.4. The summed E-state index contributed by atoms with van der Waals surface area (Å²) in [5.41, 5.74) is 2.41. The van der Waals surface area contributed by atoms with Crippen molar-refractivity contribution < 1.29 is 9.18 Å². The van der Waals surface area contributed by atoms with E-state index in [1.807, 2.05) is 6.07 Å². The quantitative estimate of drug-likeness (QED) is 0.616. The molecule has 8 nitrogen and oxygen atoms in total. The molecule has 2 aliphatic rings. The lowest BCUT2D eigenvalue weighted by Crippen LogP contribution is -2.45. The predicted molar refractivity (Wildman–Crippen MR) is 115 cm³/mol. The van der Waals surface area contributed by atoms with Gasteiger partial charge in [0, 0.05) is 29.4 Å². The lowest BCUT2D eigenvalue weighted by Gasteiger charge is -2.35. The number of fused-ring (bicyclic) bond motifs is 4. The molecule has 2 atom stereocenters. The second-order valence-corrected chi connectivity index (χ2v) is 8.19. The molecule has 1 saturated heterocycles. The van der Waals surface area contributed by atoms with Gasteiger partial charge in [0.2, 0.25) is 0 Å². The fourth-order valence-electron chi connectivity index (χ4n) is 4.48. The number of rotatable bonds is 2. The second-order valence-electron chi connectivity index (χ2n) is 7.79. The molecule has 2 aromatic heterocycles. The number of pyridine rings is 1. The fourth-order valence-corrected chi connectivity index (χ4v) is 4.75. The molecule has 10 heteroatoms. The highest BCUT2D eigenvalue weighted by Crippen LogP contribution is 2.42. The van der Waals surface area contributed by atoms with Crippen LogP contribution in [0.15, 0.2) is 41.3 Å². The number of nitriles is 1. The first-order valence-corrected chi connectivity index (χ1v) is 10.4. The lowest BCUT2D eigenvalue weighted by molar-refractivity contribution is 0.177. The van der Waals surface area contributed by atoms with Crippen molar-refractivity contribution in [3.05, 3.63) is 74.7 Å². The molecule has 0 unspecified atom stereocenters. The number of aromatic nitrogens is 3. The smallest absolute Gasteiger partial charge is 0.313 e. The minimum absolute atomic E-state index is 0.0371. The average Bonchev–Trinajstić information content (AvgIpc) is 3.11. The van der Waals surface area contributed by atoms with Crippen LogP contribution in [0.4, 0.5) is 14.9 Å². The monoisotopic (exact) mass is 450 g/mol. The molecule has 0 radical (unpaired) electrons.